The Hall–Kier alpha value is -3.06. The van der Waals surface area contributed by atoms with Gasteiger partial charge in [0.05, 0.1) is 24.5 Å². The Labute approximate surface area is 167 Å². The van der Waals surface area contributed by atoms with Crippen LogP contribution in [0.5, 0.6) is 0 Å². The van der Waals surface area contributed by atoms with E-state index in [1.165, 1.54) is 0 Å². The fourth-order valence-electron chi connectivity index (χ4n) is 3.55. The number of hydrogen-bond donors (Lipinski definition) is 1. The van der Waals surface area contributed by atoms with Crippen molar-refractivity contribution in [1.82, 2.24) is 14.8 Å². The molecule has 7 heteroatoms. The van der Waals surface area contributed by atoms with Crippen molar-refractivity contribution in [2.45, 2.75) is 19.5 Å². The number of fused-ring (bicyclic) bond motifs is 3. The molecular weight excluding hydrogens is 374 g/mol. The highest BCUT2D eigenvalue weighted by atomic mass is 32.1. The van der Waals surface area contributed by atoms with E-state index in [0.717, 1.165) is 21.8 Å². The molecule has 2 amide bonds. The number of ether oxygens (including phenoxy) is 1. The molecule has 0 saturated carbocycles. The summed E-state index contributed by atoms with van der Waals surface area (Å²) in [5, 5.41) is 4.73. The number of urea groups is 1. The van der Waals surface area contributed by atoms with E-state index in [1.807, 2.05) is 54.0 Å². The quantitative estimate of drug-likeness (QED) is 0.685. The lowest BCUT2D eigenvalue weighted by molar-refractivity contribution is -0.141. The monoisotopic (exact) mass is 395 g/mol. The Morgan fingerprint density at radius 1 is 1.18 bits per heavy atom. The van der Waals surface area contributed by atoms with Gasteiger partial charge in [-0.25, -0.2) is 4.79 Å². The van der Waals surface area contributed by atoms with Crippen LogP contribution in [-0.4, -0.2) is 34.6 Å². The normalized spacial score (nSPS) is 15.3. The fraction of sp³-hybridized carbons (Fsp3) is 0.238. The van der Waals surface area contributed by atoms with Crippen molar-refractivity contribution in [3.05, 3.63) is 76.2 Å². The number of thiophene rings is 1. The first-order chi connectivity index (χ1) is 13.7. The summed E-state index contributed by atoms with van der Waals surface area (Å²) < 4.78 is 7.07. The Balaban J connectivity index is 1.73. The van der Waals surface area contributed by atoms with Crippen LogP contribution < -0.4 is 5.32 Å². The molecule has 0 unspecified atom stereocenters. The third kappa shape index (κ3) is 3.41. The number of carbonyl (C=O) groups excluding carboxylic acids is 2. The summed E-state index contributed by atoms with van der Waals surface area (Å²) in [6, 6.07) is 15.6. The first-order valence-electron chi connectivity index (χ1n) is 9.18. The fourth-order valence-corrected chi connectivity index (χ4v) is 4.40. The number of aromatic nitrogens is 1. The number of para-hydroxylation sites is 1. The number of nitrogens with zero attached hydrogens (tertiary/aromatic N) is 2. The number of esters is 1. The highest BCUT2D eigenvalue weighted by Gasteiger charge is 2.33. The number of rotatable bonds is 4. The minimum Gasteiger partial charge on any atom is -0.465 e. The van der Waals surface area contributed by atoms with Crippen LogP contribution in [0.2, 0.25) is 0 Å². The van der Waals surface area contributed by atoms with Crippen molar-refractivity contribution in [3.8, 4) is 5.69 Å². The Morgan fingerprint density at radius 2 is 2.04 bits per heavy atom. The molecule has 3 heterocycles. The maximum Gasteiger partial charge on any atom is 0.325 e. The van der Waals surface area contributed by atoms with E-state index in [1.54, 1.807) is 23.2 Å². The van der Waals surface area contributed by atoms with Crippen molar-refractivity contribution in [2.75, 3.05) is 13.2 Å². The largest absolute Gasteiger partial charge is 0.465 e. The zero-order chi connectivity index (χ0) is 19.5. The zero-order valence-electron chi connectivity index (χ0n) is 15.5. The molecular formula is C21H21N3O3S. The average molecular weight is 395 g/mol. The number of hydrogen-bond acceptors (Lipinski definition) is 4. The number of nitrogens with one attached hydrogen (secondary N) is 1. The van der Waals surface area contributed by atoms with E-state index in [2.05, 4.69) is 16.0 Å². The van der Waals surface area contributed by atoms with E-state index < -0.39 is 5.97 Å². The lowest BCUT2D eigenvalue weighted by Gasteiger charge is -2.29. The minimum atomic E-state index is -0.442. The van der Waals surface area contributed by atoms with Crippen molar-refractivity contribution >= 4 is 23.3 Å². The van der Waals surface area contributed by atoms with Gasteiger partial charge < -0.3 is 19.5 Å². The highest BCUT2D eigenvalue weighted by Crippen LogP contribution is 2.38. The molecule has 1 aliphatic rings. The Bertz CT molecular complexity index is 980. The van der Waals surface area contributed by atoms with Gasteiger partial charge in [-0.2, -0.15) is 0 Å². The molecule has 2 aromatic heterocycles. The topological polar surface area (TPSA) is 63.6 Å². The van der Waals surface area contributed by atoms with Crippen molar-refractivity contribution in [1.29, 1.82) is 0 Å². The van der Waals surface area contributed by atoms with Crippen molar-refractivity contribution in [3.63, 3.8) is 0 Å². The summed E-state index contributed by atoms with van der Waals surface area (Å²) in [6.45, 7) is 2.32. The molecule has 28 heavy (non-hydrogen) atoms. The van der Waals surface area contributed by atoms with Gasteiger partial charge >= 0.3 is 12.0 Å². The van der Waals surface area contributed by atoms with E-state index in [9.17, 15) is 9.59 Å². The molecule has 0 spiro atoms. The van der Waals surface area contributed by atoms with Gasteiger partial charge in [-0.15, -0.1) is 11.3 Å². The van der Waals surface area contributed by atoms with Gasteiger partial charge in [0.25, 0.3) is 0 Å². The summed E-state index contributed by atoms with van der Waals surface area (Å²) in [6.07, 6.45) is 2.02. The third-order valence-electron chi connectivity index (χ3n) is 4.73. The molecule has 0 saturated heterocycles. The minimum absolute atomic E-state index is 0.150. The second-order valence-corrected chi connectivity index (χ2v) is 7.42. The summed E-state index contributed by atoms with van der Waals surface area (Å²) in [7, 11) is 0. The van der Waals surface area contributed by atoms with Gasteiger partial charge in [0, 0.05) is 11.1 Å². The lowest BCUT2D eigenvalue weighted by Crippen LogP contribution is -2.43. The van der Waals surface area contributed by atoms with Crippen LogP contribution in [-0.2, 0) is 16.1 Å². The maximum absolute atomic E-state index is 13.1. The molecule has 1 atom stereocenters. The summed E-state index contributed by atoms with van der Waals surface area (Å²) in [5.74, 6) is -0.442. The van der Waals surface area contributed by atoms with Gasteiger partial charge in [0.2, 0.25) is 0 Å². The molecule has 1 aliphatic heterocycles. The van der Waals surface area contributed by atoms with Gasteiger partial charge in [-0.3, -0.25) is 4.79 Å². The lowest BCUT2D eigenvalue weighted by atomic mass is 10.1. The second-order valence-electron chi connectivity index (χ2n) is 6.44. The van der Waals surface area contributed by atoms with Gasteiger partial charge in [-0.05, 0) is 42.1 Å². The summed E-state index contributed by atoms with van der Waals surface area (Å²) in [4.78, 5) is 27.7. The van der Waals surface area contributed by atoms with Crippen LogP contribution >= 0.6 is 11.3 Å². The van der Waals surface area contributed by atoms with Gasteiger partial charge in [0.15, 0.2) is 0 Å². The van der Waals surface area contributed by atoms with E-state index in [0.29, 0.717) is 6.54 Å². The number of benzene rings is 1. The molecule has 1 aromatic carbocycles. The first-order valence-corrected chi connectivity index (χ1v) is 10.1. The highest BCUT2D eigenvalue weighted by molar-refractivity contribution is 7.10. The zero-order valence-corrected chi connectivity index (χ0v) is 16.3. The standard InChI is InChI=1S/C21H21N3O3S/c1-2-27-19(25)13-22-21(26)24-14-15-7-3-4-8-16(15)23-11-5-9-17(23)20(24)18-10-6-12-28-18/h3-12,20H,2,13-14H2,1H3,(H,22,26)/t20-/m1/s1. The van der Waals surface area contributed by atoms with Crippen LogP contribution in [0.4, 0.5) is 4.79 Å². The molecule has 4 rings (SSSR count). The molecule has 0 radical (unpaired) electrons. The van der Waals surface area contributed by atoms with Gasteiger partial charge in [-0.1, -0.05) is 24.3 Å². The predicted octanol–water partition coefficient (Wildman–Crippen LogP) is 3.72. The van der Waals surface area contributed by atoms with Crippen LogP contribution in [0.15, 0.2) is 60.1 Å². The summed E-state index contributed by atoms with van der Waals surface area (Å²) >= 11 is 1.61. The molecule has 0 fully saturated rings. The molecule has 1 N–H and O–H groups in total. The average Bonchev–Trinajstić information content (AvgIpc) is 3.37. The van der Waals surface area contributed by atoms with Crippen LogP contribution in [0.25, 0.3) is 5.69 Å². The number of amides is 2. The SMILES string of the molecule is CCOC(=O)CNC(=O)N1Cc2ccccc2-n2cccc2[C@@H]1c1cccs1. The second kappa shape index (κ2) is 7.90. The van der Waals surface area contributed by atoms with Crippen LogP contribution in [0.1, 0.15) is 29.1 Å². The van der Waals surface area contributed by atoms with Gasteiger partial charge in [0.1, 0.15) is 12.6 Å². The molecule has 0 bridgehead atoms. The predicted molar refractivity (Wildman–Crippen MR) is 108 cm³/mol. The van der Waals surface area contributed by atoms with E-state index in [-0.39, 0.29) is 25.2 Å². The number of carbonyl (C=O) groups is 2. The molecule has 6 nitrogen and oxygen atoms in total. The maximum atomic E-state index is 13.1. The smallest absolute Gasteiger partial charge is 0.325 e. The third-order valence-corrected chi connectivity index (χ3v) is 5.65. The molecule has 3 aromatic rings. The Morgan fingerprint density at radius 3 is 2.82 bits per heavy atom. The summed E-state index contributed by atoms with van der Waals surface area (Å²) in [5.41, 5.74) is 3.12. The molecule has 0 aliphatic carbocycles. The van der Waals surface area contributed by atoms with Crippen molar-refractivity contribution < 1.29 is 14.3 Å². The first kappa shape index (κ1) is 18.3. The molecule has 144 valence electrons. The van der Waals surface area contributed by atoms with Crippen LogP contribution in [0, 0.1) is 0 Å². The van der Waals surface area contributed by atoms with Crippen molar-refractivity contribution in [2.24, 2.45) is 0 Å². The Kier molecular flexibility index (Phi) is 5.16. The van der Waals surface area contributed by atoms with Crippen LogP contribution in [0.3, 0.4) is 0 Å². The van der Waals surface area contributed by atoms with E-state index >= 15 is 0 Å². The van der Waals surface area contributed by atoms with E-state index in [4.69, 9.17) is 4.74 Å².